The largest absolute Gasteiger partial charge is 0.394 e. The predicted octanol–water partition coefficient (Wildman–Crippen LogP) is 2.10. The third-order valence-corrected chi connectivity index (χ3v) is 5.96. The van der Waals surface area contributed by atoms with Crippen LogP contribution in [0.4, 0.5) is 8.78 Å². The van der Waals surface area contributed by atoms with Gasteiger partial charge in [0.25, 0.3) is 0 Å². The maximum atomic E-state index is 14.9. The minimum atomic E-state index is -1.56. The summed E-state index contributed by atoms with van der Waals surface area (Å²) in [5.74, 6) is -0.937. The Labute approximate surface area is 177 Å². The van der Waals surface area contributed by atoms with Crippen molar-refractivity contribution in [1.82, 2.24) is 4.57 Å². The maximum absolute atomic E-state index is 14.9. The van der Waals surface area contributed by atoms with Gasteiger partial charge in [-0.05, 0) is 37.1 Å². The normalized spacial score (nSPS) is 26.5. The molecule has 6 nitrogen and oxygen atoms in total. The fourth-order valence-electron chi connectivity index (χ4n) is 4.27. The zero-order valence-corrected chi connectivity index (χ0v) is 17.2. The lowest BCUT2D eigenvalue weighted by molar-refractivity contribution is -0.231. The first-order chi connectivity index (χ1) is 14.7. The van der Waals surface area contributed by atoms with E-state index in [0.29, 0.717) is 22.1 Å². The van der Waals surface area contributed by atoms with Gasteiger partial charge in [-0.3, -0.25) is 0 Å². The topological polar surface area (TPSA) is 95.1 Å². The Morgan fingerprint density at radius 2 is 1.71 bits per heavy atom. The van der Waals surface area contributed by atoms with Crippen LogP contribution in [0.25, 0.3) is 10.9 Å². The fraction of sp³-hybridized carbons (Fsp3) is 0.391. The molecule has 2 heterocycles. The first-order valence-electron chi connectivity index (χ1n) is 10.1. The number of hydrogen-bond acceptors (Lipinski definition) is 5. The number of halogens is 2. The average molecular weight is 433 g/mol. The molecule has 0 aliphatic carbocycles. The van der Waals surface area contributed by atoms with Crippen molar-refractivity contribution in [2.75, 3.05) is 6.61 Å². The van der Waals surface area contributed by atoms with Crippen molar-refractivity contribution in [3.8, 4) is 0 Å². The van der Waals surface area contributed by atoms with Gasteiger partial charge in [-0.15, -0.1) is 0 Å². The van der Waals surface area contributed by atoms with Gasteiger partial charge in [-0.2, -0.15) is 0 Å². The smallest absolute Gasteiger partial charge is 0.147 e. The van der Waals surface area contributed by atoms with Gasteiger partial charge in [-0.1, -0.05) is 18.2 Å². The SMILES string of the molecule is Cc1ccc(Cn2cc([C@@H]3O[C@H](CO)[C@@H](O)[C@H](O)[C@H]3O)c3c(C)ccc(F)c32)c(F)c1. The predicted molar refractivity (Wildman–Crippen MR) is 110 cm³/mol. The molecule has 31 heavy (non-hydrogen) atoms. The van der Waals surface area contributed by atoms with Gasteiger partial charge in [0.1, 0.15) is 42.2 Å². The second kappa shape index (κ2) is 8.29. The Morgan fingerprint density at radius 3 is 2.39 bits per heavy atom. The molecule has 2 aromatic carbocycles. The number of benzene rings is 2. The van der Waals surface area contributed by atoms with E-state index >= 15 is 0 Å². The number of nitrogens with zero attached hydrogens (tertiary/aromatic N) is 1. The Morgan fingerprint density at radius 1 is 0.968 bits per heavy atom. The highest BCUT2D eigenvalue weighted by Gasteiger charge is 2.45. The van der Waals surface area contributed by atoms with E-state index in [1.807, 2.05) is 0 Å². The molecule has 4 rings (SSSR count). The van der Waals surface area contributed by atoms with Gasteiger partial charge >= 0.3 is 0 Å². The van der Waals surface area contributed by atoms with E-state index < -0.39 is 48.8 Å². The Kier molecular flexibility index (Phi) is 5.85. The Hall–Kier alpha value is -2.36. The summed E-state index contributed by atoms with van der Waals surface area (Å²) >= 11 is 0. The van der Waals surface area contributed by atoms with Crippen molar-refractivity contribution < 1.29 is 33.9 Å². The molecule has 0 radical (unpaired) electrons. The Balaban J connectivity index is 1.86. The van der Waals surface area contributed by atoms with Crippen LogP contribution in [0.2, 0.25) is 0 Å². The Bertz CT molecular complexity index is 1110. The molecular formula is C23H25F2NO5. The van der Waals surface area contributed by atoms with Crippen molar-refractivity contribution in [2.45, 2.75) is 50.9 Å². The highest BCUT2D eigenvalue weighted by molar-refractivity contribution is 5.88. The highest BCUT2D eigenvalue weighted by Crippen LogP contribution is 2.39. The summed E-state index contributed by atoms with van der Waals surface area (Å²) in [5.41, 5.74) is 2.43. The number of rotatable bonds is 4. The van der Waals surface area contributed by atoms with Gasteiger partial charge in [0.05, 0.1) is 18.7 Å². The molecule has 0 unspecified atom stereocenters. The molecule has 1 saturated heterocycles. The van der Waals surface area contributed by atoms with E-state index in [2.05, 4.69) is 0 Å². The molecule has 3 aromatic rings. The van der Waals surface area contributed by atoms with Crippen LogP contribution in [0.15, 0.2) is 36.5 Å². The second-order valence-corrected chi connectivity index (χ2v) is 8.14. The lowest BCUT2D eigenvalue weighted by Gasteiger charge is -2.40. The number of aryl methyl sites for hydroxylation is 2. The van der Waals surface area contributed by atoms with Crippen molar-refractivity contribution in [1.29, 1.82) is 0 Å². The van der Waals surface area contributed by atoms with Gasteiger partial charge in [-0.25, -0.2) is 8.78 Å². The number of fused-ring (bicyclic) bond motifs is 1. The van der Waals surface area contributed by atoms with Crippen LogP contribution in [0.1, 0.15) is 28.4 Å². The monoisotopic (exact) mass is 433 g/mol. The van der Waals surface area contributed by atoms with Crippen LogP contribution >= 0.6 is 0 Å². The summed E-state index contributed by atoms with van der Waals surface area (Å²) in [6.07, 6.45) is -5.21. The number of ether oxygens (including phenoxy) is 1. The fourth-order valence-corrected chi connectivity index (χ4v) is 4.27. The van der Waals surface area contributed by atoms with Crippen molar-refractivity contribution in [3.05, 3.63) is 70.4 Å². The van der Waals surface area contributed by atoms with Crippen LogP contribution in [0.3, 0.4) is 0 Å². The van der Waals surface area contributed by atoms with Crippen molar-refractivity contribution in [2.24, 2.45) is 0 Å². The number of aliphatic hydroxyl groups excluding tert-OH is 4. The average Bonchev–Trinajstić information content (AvgIpc) is 3.11. The molecule has 0 amide bonds. The molecule has 0 bridgehead atoms. The molecule has 0 spiro atoms. The number of aliphatic hydroxyl groups is 4. The summed E-state index contributed by atoms with van der Waals surface area (Å²) in [6, 6.07) is 7.71. The van der Waals surface area contributed by atoms with Crippen molar-refractivity contribution in [3.63, 3.8) is 0 Å². The van der Waals surface area contributed by atoms with E-state index in [1.54, 1.807) is 42.8 Å². The third-order valence-electron chi connectivity index (χ3n) is 5.96. The number of hydrogen-bond donors (Lipinski definition) is 4. The molecular weight excluding hydrogens is 408 g/mol. The molecule has 1 aromatic heterocycles. The molecule has 5 atom stereocenters. The highest BCUT2D eigenvalue weighted by atomic mass is 19.1. The van der Waals surface area contributed by atoms with Gasteiger partial charge in [0.2, 0.25) is 0 Å². The van der Waals surface area contributed by atoms with Gasteiger partial charge in [0.15, 0.2) is 0 Å². The minimum absolute atomic E-state index is 0.0421. The first kappa shape index (κ1) is 21.9. The van der Waals surface area contributed by atoms with E-state index in [0.717, 1.165) is 5.56 Å². The first-order valence-corrected chi connectivity index (χ1v) is 10.1. The lowest BCUT2D eigenvalue weighted by atomic mass is 9.90. The quantitative estimate of drug-likeness (QED) is 0.506. The van der Waals surface area contributed by atoms with E-state index in [1.165, 1.54) is 12.1 Å². The summed E-state index contributed by atoms with van der Waals surface area (Å²) in [6.45, 7) is 3.02. The van der Waals surface area contributed by atoms with E-state index in [4.69, 9.17) is 4.74 Å². The van der Waals surface area contributed by atoms with Crippen LogP contribution in [-0.4, -0.2) is 56.0 Å². The van der Waals surface area contributed by atoms with E-state index in [9.17, 15) is 29.2 Å². The molecule has 4 N–H and O–H groups in total. The zero-order chi connectivity index (χ0) is 22.4. The van der Waals surface area contributed by atoms with Crippen LogP contribution < -0.4 is 0 Å². The summed E-state index contributed by atoms with van der Waals surface area (Å²) in [7, 11) is 0. The third kappa shape index (κ3) is 3.75. The summed E-state index contributed by atoms with van der Waals surface area (Å²) in [4.78, 5) is 0. The minimum Gasteiger partial charge on any atom is -0.394 e. The maximum Gasteiger partial charge on any atom is 0.147 e. The van der Waals surface area contributed by atoms with Gasteiger partial charge < -0.3 is 29.7 Å². The molecule has 1 fully saturated rings. The standard InChI is InChI=1S/C23H25F2NO5/c1-11-3-5-13(16(25)7-11)8-26-9-14(18-12(2)4-6-15(24)19(18)26)23-22(30)21(29)20(28)17(10-27)31-23/h3-7,9,17,20-23,27-30H,8,10H2,1-2H3/t17-,20-,21+,22-,23+/m1/s1. The molecule has 0 saturated carbocycles. The van der Waals surface area contributed by atoms with Gasteiger partial charge in [0, 0.05) is 22.7 Å². The van der Waals surface area contributed by atoms with Crippen LogP contribution in [0.5, 0.6) is 0 Å². The van der Waals surface area contributed by atoms with Crippen LogP contribution in [0, 0.1) is 25.5 Å². The van der Waals surface area contributed by atoms with E-state index in [-0.39, 0.29) is 12.1 Å². The summed E-state index contributed by atoms with van der Waals surface area (Å²) < 4.78 is 36.6. The lowest BCUT2D eigenvalue weighted by Crippen LogP contribution is -2.55. The summed E-state index contributed by atoms with van der Waals surface area (Å²) in [5, 5.41) is 40.9. The van der Waals surface area contributed by atoms with Crippen LogP contribution in [-0.2, 0) is 11.3 Å². The molecule has 1 aliphatic rings. The second-order valence-electron chi connectivity index (χ2n) is 8.14. The molecule has 1 aliphatic heterocycles. The molecule has 8 heteroatoms. The number of aromatic nitrogens is 1. The zero-order valence-electron chi connectivity index (χ0n) is 17.2. The molecule has 166 valence electrons. The van der Waals surface area contributed by atoms with Crippen molar-refractivity contribution >= 4 is 10.9 Å².